The van der Waals surface area contributed by atoms with E-state index in [1.54, 1.807) is 4.68 Å². The van der Waals surface area contributed by atoms with Crippen LogP contribution in [0.15, 0.2) is 41.6 Å². The predicted molar refractivity (Wildman–Crippen MR) is 104 cm³/mol. The summed E-state index contributed by atoms with van der Waals surface area (Å²) in [6.07, 6.45) is 0. The lowest BCUT2D eigenvalue weighted by Gasteiger charge is -2.07. The molecule has 134 valence electrons. The first-order valence-electron chi connectivity index (χ1n) is 8.28. The number of rotatable bonds is 5. The van der Waals surface area contributed by atoms with Crippen molar-refractivity contribution in [2.24, 2.45) is 7.05 Å². The van der Waals surface area contributed by atoms with Gasteiger partial charge in [0, 0.05) is 18.3 Å². The molecule has 0 spiro atoms. The summed E-state index contributed by atoms with van der Waals surface area (Å²) in [6, 6.07) is 11.9. The number of amides is 1. The molecule has 6 nitrogen and oxygen atoms in total. The van der Waals surface area contributed by atoms with Crippen molar-refractivity contribution in [1.29, 1.82) is 0 Å². The smallest absolute Gasteiger partial charge is 0.234 e. The molecule has 2 heterocycles. The zero-order valence-corrected chi connectivity index (χ0v) is 16.1. The molecule has 0 atom stereocenters. The fourth-order valence-electron chi connectivity index (χ4n) is 2.62. The number of hydrogen-bond acceptors (Lipinski definition) is 5. The van der Waals surface area contributed by atoms with Gasteiger partial charge in [0.15, 0.2) is 5.16 Å². The van der Waals surface area contributed by atoms with Crippen molar-refractivity contribution in [3.05, 3.63) is 53.5 Å². The molecule has 0 radical (unpaired) electrons. The number of hydrogen-bond donors (Lipinski definition) is 1. The monoisotopic (exact) mass is 367 g/mol. The maximum atomic E-state index is 12.3. The van der Waals surface area contributed by atoms with E-state index in [1.807, 2.05) is 64.2 Å². The van der Waals surface area contributed by atoms with Crippen LogP contribution in [0.2, 0.25) is 0 Å². The van der Waals surface area contributed by atoms with Gasteiger partial charge in [-0.2, -0.15) is 5.10 Å². The molecule has 3 rings (SSSR count). The van der Waals surface area contributed by atoms with E-state index >= 15 is 0 Å². The number of carbonyl (C=O) groups excluding carboxylic acids is 1. The summed E-state index contributed by atoms with van der Waals surface area (Å²) in [6.45, 7) is 5.74. The molecule has 0 saturated carbocycles. The molecule has 7 heteroatoms. The minimum atomic E-state index is -0.0967. The quantitative estimate of drug-likeness (QED) is 0.552. The molecule has 0 aliphatic heterocycles. The highest BCUT2D eigenvalue weighted by Crippen LogP contribution is 2.23. The Morgan fingerprint density at radius 2 is 1.88 bits per heavy atom. The Hall–Kier alpha value is -2.67. The first kappa shape index (κ1) is 18.1. The van der Waals surface area contributed by atoms with Crippen molar-refractivity contribution < 1.29 is 4.79 Å². The van der Waals surface area contributed by atoms with Gasteiger partial charge in [-0.25, -0.2) is 9.97 Å². The van der Waals surface area contributed by atoms with Crippen LogP contribution < -0.4 is 5.32 Å². The number of aromatic nitrogens is 4. The SMILES string of the molecule is Cc1cc(-c2ccccc2)nc(SCC(=O)Nc2c(C)nn(C)c2C)n1. The van der Waals surface area contributed by atoms with Gasteiger partial charge in [-0.15, -0.1) is 0 Å². The topological polar surface area (TPSA) is 72.7 Å². The summed E-state index contributed by atoms with van der Waals surface area (Å²) in [5.41, 5.74) is 5.28. The molecule has 26 heavy (non-hydrogen) atoms. The van der Waals surface area contributed by atoms with Crippen LogP contribution in [0.1, 0.15) is 17.1 Å². The van der Waals surface area contributed by atoms with Gasteiger partial charge in [-0.05, 0) is 26.8 Å². The van der Waals surface area contributed by atoms with Crippen LogP contribution in [-0.2, 0) is 11.8 Å². The third kappa shape index (κ3) is 4.11. The summed E-state index contributed by atoms with van der Waals surface area (Å²) in [5, 5.41) is 7.84. The molecule has 1 N–H and O–H groups in total. The molecule has 1 amide bonds. The first-order chi connectivity index (χ1) is 12.4. The fourth-order valence-corrected chi connectivity index (χ4v) is 3.33. The summed E-state index contributed by atoms with van der Waals surface area (Å²) >= 11 is 1.33. The lowest BCUT2D eigenvalue weighted by Crippen LogP contribution is -2.15. The maximum Gasteiger partial charge on any atom is 0.234 e. The number of aryl methyl sites for hydroxylation is 3. The second-order valence-electron chi connectivity index (χ2n) is 6.05. The van der Waals surface area contributed by atoms with Crippen molar-refractivity contribution >= 4 is 23.4 Å². The molecule has 3 aromatic rings. The van der Waals surface area contributed by atoms with E-state index in [9.17, 15) is 4.79 Å². The molecular weight excluding hydrogens is 346 g/mol. The standard InChI is InChI=1S/C19H21N5OS/c1-12-10-16(15-8-6-5-7-9-15)21-19(20-12)26-11-17(25)22-18-13(2)23-24(4)14(18)3/h5-10H,11H2,1-4H3,(H,22,25). The lowest BCUT2D eigenvalue weighted by atomic mass is 10.1. The van der Waals surface area contributed by atoms with E-state index in [4.69, 9.17) is 0 Å². The maximum absolute atomic E-state index is 12.3. The Kier molecular flexibility index (Phi) is 5.37. The van der Waals surface area contributed by atoms with Gasteiger partial charge in [-0.3, -0.25) is 9.48 Å². The number of nitrogens with zero attached hydrogens (tertiary/aromatic N) is 4. The van der Waals surface area contributed by atoms with Crippen LogP contribution in [-0.4, -0.2) is 31.4 Å². The van der Waals surface area contributed by atoms with Crippen LogP contribution in [0, 0.1) is 20.8 Å². The van der Waals surface area contributed by atoms with Crippen molar-refractivity contribution in [3.8, 4) is 11.3 Å². The second kappa shape index (κ2) is 7.70. The van der Waals surface area contributed by atoms with Crippen LogP contribution in [0.25, 0.3) is 11.3 Å². The Bertz CT molecular complexity index is 937. The minimum Gasteiger partial charge on any atom is -0.322 e. The van der Waals surface area contributed by atoms with Crippen LogP contribution in [0.3, 0.4) is 0 Å². The molecule has 1 aromatic carbocycles. The van der Waals surface area contributed by atoms with E-state index in [-0.39, 0.29) is 11.7 Å². The minimum absolute atomic E-state index is 0.0967. The average Bonchev–Trinajstić information content (AvgIpc) is 2.86. The van der Waals surface area contributed by atoms with Gasteiger partial charge in [0.05, 0.1) is 28.5 Å². The predicted octanol–water partition coefficient (Wildman–Crippen LogP) is 3.53. The third-order valence-electron chi connectivity index (χ3n) is 4.01. The van der Waals surface area contributed by atoms with E-state index < -0.39 is 0 Å². The lowest BCUT2D eigenvalue weighted by molar-refractivity contribution is -0.113. The van der Waals surface area contributed by atoms with Crippen LogP contribution >= 0.6 is 11.8 Å². The number of nitrogens with one attached hydrogen (secondary N) is 1. The highest BCUT2D eigenvalue weighted by molar-refractivity contribution is 7.99. The van der Waals surface area contributed by atoms with E-state index in [0.717, 1.165) is 34.0 Å². The fraction of sp³-hybridized carbons (Fsp3) is 0.263. The first-order valence-corrected chi connectivity index (χ1v) is 9.26. The Morgan fingerprint density at radius 3 is 2.54 bits per heavy atom. The molecular formula is C19H21N5OS. The second-order valence-corrected chi connectivity index (χ2v) is 6.99. The van der Waals surface area contributed by atoms with Gasteiger partial charge in [-0.1, -0.05) is 42.1 Å². The molecule has 0 unspecified atom stereocenters. The summed E-state index contributed by atoms with van der Waals surface area (Å²) in [7, 11) is 1.86. The zero-order valence-electron chi connectivity index (χ0n) is 15.3. The number of thioether (sulfide) groups is 1. The molecule has 0 fully saturated rings. The van der Waals surface area contributed by atoms with Crippen LogP contribution in [0.4, 0.5) is 5.69 Å². The van der Waals surface area contributed by atoms with Gasteiger partial charge >= 0.3 is 0 Å². The van der Waals surface area contributed by atoms with E-state index in [2.05, 4.69) is 20.4 Å². The number of carbonyl (C=O) groups is 1. The largest absolute Gasteiger partial charge is 0.322 e. The number of anilines is 1. The Balaban J connectivity index is 1.69. The normalized spacial score (nSPS) is 10.8. The van der Waals surface area contributed by atoms with Crippen molar-refractivity contribution in [1.82, 2.24) is 19.7 Å². The van der Waals surface area contributed by atoms with Crippen LogP contribution in [0.5, 0.6) is 0 Å². The Morgan fingerprint density at radius 1 is 1.15 bits per heavy atom. The van der Waals surface area contributed by atoms with E-state index in [1.165, 1.54) is 11.8 Å². The zero-order chi connectivity index (χ0) is 18.7. The highest BCUT2D eigenvalue weighted by atomic mass is 32.2. The van der Waals surface area contributed by atoms with Gasteiger partial charge in [0.1, 0.15) is 0 Å². The van der Waals surface area contributed by atoms with E-state index in [0.29, 0.717) is 5.16 Å². The molecule has 0 saturated heterocycles. The molecule has 2 aromatic heterocycles. The van der Waals surface area contributed by atoms with Crippen molar-refractivity contribution in [2.75, 3.05) is 11.1 Å². The van der Waals surface area contributed by atoms with Gasteiger partial charge in [0.25, 0.3) is 0 Å². The average molecular weight is 367 g/mol. The summed E-state index contributed by atoms with van der Waals surface area (Å²) < 4.78 is 1.76. The summed E-state index contributed by atoms with van der Waals surface area (Å²) in [5.74, 6) is 0.145. The van der Waals surface area contributed by atoms with Crippen molar-refractivity contribution in [2.45, 2.75) is 25.9 Å². The molecule has 0 aliphatic carbocycles. The third-order valence-corrected chi connectivity index (χ3v) is 4.86. The van der Waals surface area contributed by atoms with Gasteiger partial charge < -0.3 is 5.32 Å². The summed E-state index contributed by atoms with van der Waals surface area (Å²) in [4.78, 5) is 21.3. The number of benzene rings is 1. The molecule has 0 aliphatic rings. The molecule has 0 bridgehead atoms. The van der Waals surface area contributed by atoms with Gasteiger partial charge in [0.2, 0.25) is 5.91 Å². The highest BCUT2D eigenvalue weighted by Gasteiger charge is 2.13. The Labute approximate surface area is 157 Å². The van der Waals surface area contributed by atoms with Crippen molar-refractivity contribution in [3.63, 3.8) is 0 Å².